The van der Waals surface area contributed by atoms with Crippen LogP contribution in [0.15, 0.2) is 42.5 Å². The molecular weight excluding hydrogens is 282 g/mol. The van der Waals surface area contributed by atoms with Crippen molar-refractivity contribution in [2.75, 3.05) is 0 Å². The third-order valence-electron chi connectivity index (χ3n) is 2.72. The SMILES string of the molecule is O=[N+]([O-])c1cc(Cl)ccc1COc1cccc(CO)c1. The average Bonchev–Trinajstić information content (AvgIpc) is 2.46. The van der Waals surface area contributed by atoms with Crippen molar-refractivity contribution in [1.29, 1.82) is 0 Å². The van der Waals surface area contributed by atoms with Crippen LogP contribution in [0, 0.1) is 10.1 Å². The van der Waals surface area contributed by atoms with Gasteiger partial charge < -0.3 is 9.84 Å². The Bertz CT molecular complexity index is 630. The van der Waals surface area contributed by atoms with Crippen molar-refractivity contribution in [3.05, 3.63) is 68.7 Å². The van der Waals surface area contributed by atoms with E-state index in [9.17, 15) is 10.1 Å². The van der Waals surface area contributed by atoms with Crippen molar-refractivity contribution in [2.24, 2.45) is 0 Å². The second-order valence-electron chi connectivity index (χ2n) is 4.12. The van der Waals surface area contributed by atoms with Crippen LogP contribution in [0.3, 0.4) is 0 Å². The molecule has 0 aliphatic heterocycles. The van der Waals surface area contributed by atoms with Crippen LogP contribution in [-0.4, -0.2) is 10.0 Å². The Morgan fingerprint density at radius 1 is 1.25 bits per heavy atom. The van der Waals surface area contributed by atoms with Gasteiger partial charge in [-0.1, -0.05) is 23.7 Å². The van der Waals surface area contributed by atoms with Crippen molar-refractivity contribution >= 4 is 17.3 Å². The van der Waals surface area contributed by atoms with E-state index >= 15 is 0 Å². The summed E-state index contributed by atoms with van der Waals surface area (Å²) in [5.41, 5.74) is 1.08. The lowest BCUT2D eigenvalue weighted by atomic mass is 10.2. The Morgan fingerprint density at radius 2 is 2.05 bits per heavy atom. The molecule has 0 radical (unpaired) electrons. The molecule has 0 aromatic heterocycles. The van der Waals surface area contributed by atoms with Crippen molar-refractivity contribution < 1.29 is 14.8 Å². The second kappa shape index (κ2) is 6.36. The van der Waals surface area contributed by atoms with Gasteiger partial charge in [-0.2, -0.15) is 0 Å². The maximum atomic E-state index is 10.9. The van der Waals surface area contributed by atoms with Crippen molar-refractivity contribution in [2.45, 2.75) is 13.2 Å². The number of nitro benzene ring substituents is 1. The molecule has 0 bridgehead atoms. The van der Waals surface area contributed by atoms with Gasteiger partial charge in [0.2, 0.25) is 0 Å². The molecule has 104 valence electrons. The molecule has 0 saturated heterocycles. The monoisotopic (exact) mass is 293 g/mol. The molecule has 6 heteroatoms. The highest BCUT2D eigenvalue weighted by Gasteiger charge is 2.14. The van der Waals surface area contributed by atoms with Gasteiger partial charge in [-0.15, -0.1) is 0 Å². The summed E-state index contributed by atoms with van der Waals surface area (Å²) in [5.74, 6) is 0.542. The molecule has 0 aliphatic rings. The number of aliphatic hydroxyl groups excluding tert-OH is 1. The minimum absolute atomic E-state index is 0.0579. The fraction of sp³-hybridized carbons (Fsp3) is 0.143. The summed E-state index contributed by atoms with van der Waals surface area (Å²) in [6, 6.07) is 11.4. The Hall–Kier alpha value is -2.11. The predicted molar refractivity (Wildman–Crippen MR) is 74.8 cm³/mol. The zero-order chi connectivity index (χ0) is 14.5. The molecular formula is C14H12ClNO4. The predicted octanol–water partition coefficient (Wildman–Crippen LogP) is 3.32. The molecule has 20 heavy (non-hydrogen) atoms. The summed E-state index contributed by atoms with van der Waals surface area (Å²) in [7, 11) is 0. The third-order valence-corrected chi connectivity index (χ3v) is 2.95. The maximum Gasteiger partial charge on any atom is 0.277 e. The van der Waals surface area contributed by atoms with Crippen LogP contribution < -0.4 is 4.74 Å². The van der Waals surface area contributed by atoms with Gasteiger partial charge >= 0.3 is 0 Å². The summed E-state index contributed by atoms with van der Waals surface area (Å²) < 4.78 is 5.51. The second-order valence-corrected chi connectivity index (χ2v) is 4.56. The molecule has 0 unspecified atom stereocenters. The van der Waals surface area contributed by atoms with Gasteiger partial charge in [-0.05, 0) is 29.8 Å². The van der Waals surface area contributed by atoms with E-state index in [1.54, 1.807) is 36.4 Å². The lowest BCUT2D eigenvalue weighted by Gasteiger charge is -2.08. The van der Waals surface area contributed by atoms with Crippen molar-refractivity contribution in [3.8, 4) is 5.75 Å². The molecule has 0 saturated carbocycles. The third kappa shape index (κ3) is 3.46. The van der Waals surface area contributed by atoms with Gasteiger partial charge in [0.05, 0.1) is 17.1 Å². The highest BCUT2D eigenvalue weighted by molar-refractivity contribution is 6.30. The number of halogens is 1. The van der Waals surface area contributed by atoms with E-state index in [-0.39, 0.29) is 18.9 Å². The number of aliphatic hydroxyl groups is 1. The van der Waals surface area contributed by atoms with Crippen LogP contribution >= 0.6 is 11.6 Å². The first-order valence-electron chi connectivity index (χ1n) is 5.85. The van der Waals surface area contributed by atoms with E-state index in [1.165, 1.54) is 6.07 Å². The van der Waals surface area contributed by atoms with E-state index in [4.69, 9.17) is 21.4 Å². The van der Waals surface area contributed by atoms with Crippen molar-refractivity contribution in [1.82, 2.24) is 0 Å². The summed E-state index contributed by atoms with van der Waals surface area (Å²) in [4.78, 5) is 10.5. The van der Waals surface area contributed by atoms with Gasteiger partial charge in [0.25, 0.3) is 5.69 Å². The topological polar surface area (TPSA) is 72.6 Å². The first-order valence-corrected chi connectivity index (χ1v) is 6.23. The summed E-state index contributed by atoms with van der Waals surface area (Å²) in [5, 5.41) is 20.3. The molecule has 2 aromatic rings. The van der Waals surface area contributed by atoms with E-state index in [0.717, 1.165) is 0 Å². The van der Waals surface area contributed by atoms with Crippen LogP contribution in [0.2, 0.25) is 5.02 Å². The fourth-order valence-corrected chi connectivity index (χ4v) is 1.89. The molecule has 0 fully saturated rings. The molecule has 0 heterocycles. The molecule has 0 amide bonds. The normalized spacial score (nSPS) is 10.3. The smallest absolute Gasteiger partial charge is 0.277 e. The van der Waals surface area contributed by atoms with Crippen LogP contribution in [0.5, 0.6) is 5.75 Å². The highest BCUT2D eigenvalue weighted by Crippen LogP contribution is 2.25. The number of nitro groups is 1. The number of hydrogen-bond acceptors (Lipinski definition) is 4. The largest absolute Gasteiger partial charge is 0.489 e. The number of ether oxygens (including phenoxy) is 1. The fourth-order valence-electron chi connectivity index (χ4n) is 1.72. The van der Waals surface area contributed by atoms with Gasteiger partial charge in [-0.3, -0.25) is 10.1 Å². The quantitative estimate of drug-likeness (QED) is 0.678. The van der Waals surface area contributed by atoms with Crippen LogP contribution in [0.1, 0.15) is 11.1 Å². The van der Waals surface area contributed by atoms with Gasteiger partial charge in [0.15, 0.2) is 0 Å². The zero-order valence-electron chi connectivity index (χ0n) is 10.5. The first kappa shape index (κ1) is 14.3. The van der Waals surface area contributed by atoms with E-state index < -0.39 is 4.92 Å². The van der Waals surface area contributed by atoms with Crippen LogP contribution in [0.4, 0.5) is 5.69 Å². The lowest BCUT2D eigenvalue weighted by molar-refractivity contribution is -0.385. The van der Waals surface area contributed by atoms with E-state index in [0.29, 0.717) is 21.9 Å². The maximum absolute atomic E-state index is 10.9. The highest BCUT2D eigenvalue weighted by atomic mass is 35.5. The average molecular weight is 294 g/mol. The zero-order valence-corrected chi connectivity index (χ0v) is 11.2. The van der Waals surface area contributed by atoms with Crippen molar-refractivity contribution in [3.63, 3.8) is 0 Å². The standard InChI is InChI=1S/C14H12ClNO4/c15-12-5-4-11(14(7-12)16(18)19)9-20-13-3-1-2-10(6-13)8-17/h1-7,17H,8-9H2. The molecule has 2 aromatic carbocycles. The minimum Gasteiger partial charge on any atom is -0.489 e. The lowest BCUT2D eigenvalue weighted by Crippen LogP contribution is -2.01. The molecule has 5 nitrogen and oxygen atoms in total. The Labute approximate surface area is 120 Å². The van der Waals surface area contributed by atoms with E-state index in [1.807, 2.05) is 0 Å². The molecule has 0 aliphatic carbocycles. The summed E-state index contributed by atoms with van der Waals surface area (Å²) in [6.07, 6.45) is 0. The number of rotatable bonds is 5. The molecule has 1 N–H and O–H groups in total. The summed E-state index contributed by atoms with van der Waals surface area (Å²) in [6.45, 7) is -0.0271. The first-order chi connectivity index (χ1) is 9.60. The Morgan fingerprint density at radius 3 is 2.75 bits per heavy atom. The number of nitrogens with zero attached hydrogens (tertiary/aromatic N) is 1. The van der Waals surface area contributed by atoms with E-state index in [2.05, 4.69) is 0 Å². The number of benzene rings is 2. The van der Waals surface area contributed by atoms with Crippen LogP contribution in [0.25, 0.3) is 0 Å². The van der Waals surface area contributed by atoms with Gasteiger partial charge in [0.1, 0.15) is 12.4 Å². The summed E-state index contributed by atoms with van der Waals surface area (Å²) >= 11 is 5.74. The van der Waals surface area contributed by atoms with Gasteiger partial charge in [0, 0.05) is 11.1 Å². The Kier molecular flexibility index (Phi) is 4.55. The Balaban J connectivity index is 2.16. The van der Waals surface area contributed by atoms with Crippen LogP contribution in [-0.2, 0) is 13.2 Å². The molecule has 2 rings (SSSR count). The van der Waals surface area contributed by atoms with Gasteiger partial charge in [-0.25, -0.2) is 0 Å². The molecule has 0 atom stereocenters. The molecule has 0 spiro atoms. The minimum atomic E-state index is -0.491. The number of hydrogen-bond donors (Lipinski definition) is 1.